The van der Waals surface area contributed by atoms with Crippen LogP contribution >= 0.6 is 0 Å². The molecule has 11 rings (SSSR count). The maximum Gasteiger partial charge on any atom is 0.0159 e. The molecule has 55 heavy (non-hydrogen) atoms. The summed E-state index contributed by atoms with van der Waals surface area (Å²) in [5.74, 6) is 0. The maximum absolute atomic E-state index is 2.44. The van der Waals surface area contributed by atoms with Gasteiger partial charge in [-0.05, 0) is 134 Å². The molecule has 0 unspecified atom stereocenters. The summed E-state index contributed by atoms with van der Waals surface area (Å²) in [6.07, 6.45) is 0. The van der Waals surface area contributed by atoms with E-state index in [1.165, 1.54) is 110 Å². The quantitative estimate of drug-likeness (QED) is 0.127. The van der Waals surface area contributed by atoms with E-state index >= 15 is 0 Å². The van der Waals surface area contributed by atoms with Crippen LogP contribution in [0.15, 0.2) is 194 Å². The van der Waals surface area contributed by atoms with Crippen molar-refractivity contribution in [1.82, 2.24) is 0 Å². The summed E-state index contributed by atoms with van der Waals surface area (Å²) in [5.41, 5.74) is 15.5. The Morgan fingerprint density at radius 3 is 1.75 bits per heavy atom. The minimum absolute atomic E-state index is 0.0330. The van der Waals surface area contributed by atoms with Gasteiger partial charge in [0, 0.05) is 5.41 Å². The summed E-state index contributed by atoms with van der Waals surface area (Å²) < 4.78 is 0. The van der Waals surface area contributed by atoms with Crippen LogP contribution in [0.2, 0.25) is 0 Å². The lowest BCUT2D eigenvalue weighted by Crippen LogP contribution is -2.14. The largest absolute Gasteiger partial charge is 0.0622 e. The van der Waals surface area contributed by atoms with E-state index in [2.05, 4.69) is 208 Å². The van der Waals surface area contributed by atoms with Crippen LogP contribution in [-0.4, -0.2) is 0 Å². The van der Waals surface area contributed by atoms with Gasteiger partial charge in [0.1, 0.15) is 0 Å². The molecule has 0 aliphatic heterocycles. The van der Waals surface area contributed by atoms with Crippen molar-refractivity contribution in [2.75, 3.05) is 0 Å². The molecule has 10 aromatic rings. The van der Waals surface area contributed by atoms with Crippen LogP contribution in [-0.2, 0) is 5.41 Å². The zero-order chi connectivity index (χ0) is 36.7. The fourth-order valence-corrected chi connectivity index (χ4v) is 9.59. The molecule has 0 N–H and O–H groups in total. The molecule has 10 aromatic carbocycles. The van der Waals surface area contributed by atoms with Crippen LogP contribution in [0.5, 0.6) is 0 Å². The zero-order valence-corrected chi connectivity index (χ0v) is 31.0. The van der Waals surface area contributed by atoms with Gasteiger partial charge >= 0.3 is 0 Å². The highest BCUT2D eigenvalue weighted by atomic mass is 14.4. The highest BCUT2D eigenvalue weighted by Gasteiger charge is 2.35. The zero-order valence-electron chi connectivity index (χ0n) is 31.0. The second kappa shape index (κ2) is 12.1. The van der Waals surface area contributed by atoms with Gasteiger partial charge in [-0.3, -0.25) is 0 Å². The maximum atomic E-state index is 2.44. The molecule has 0 saturated carbocycles. The minimum atomic E-state index is -0.0330. The fraction of sp³-hybridized carbons (Fsp3) is 0.0545. The van der Waals surface area contributed by atoms with Crippen LogP contribution in [0.25, 0.3) is 98.7 Å². The summed E-state index contributed by atoms with van der Waals surface area (Å²) in [4.78, 5) is 0. The number of rotatable bonds is 4. The molecule has 0 nitrogen and oxygen atoms in total. The molecule has 0 heteroatoms. The summed E-state index contributed by atoms with van der Waals surface area (Å²) in [6, 6.07) is 72.2. The van der Waals surface area contributed by atoms with Crippen LogP contribution < -0.4 is 0 Å². The van der Waals surface area contributed by atoms with Gasteiger partial charge in [-0.1, -0.05) is 184 Å². The second-order valence-electron chi connectivity index (χ2n) is 15.6. The summed E-state index contributed by atoms with van der Waals surface area (Å²) >= 11 is 0. The Balaban J connectivity index is 1.15. The van der Waals surface area contributed by atoms with E-state index in [4.69, 9.17) is 0 Å². The molecule has 0 fully saturated rings. The molecule has 0 amide bonds. The van der Waals surface area contributed by atoms with Crippen LogP contribution in [0, 0.1) is 0 Å². The molecule has 0 heterocycles. The minimum Gasteiger partial charge on any atom is -0.0622 e. The van der Waals surface area contributed by atoms with Gasteiger partial charge in [0.15, 0.2) is 0 Å². The first-order valence-electron chi connectivity index (χ1n) is 19.3. The Morgan fingerprint density at radius 1 is 0.291 bits per heavy atom. The van der Waals surface area contributed by atoms with Gasteiger partial charge in [0.2, 0.25) is 0 Å². The van der Waals surface area contributed by atoms with Crippen molar-refractivity contribution in [2.45, 2.75) is 19.3 Å². The lowest BCUT2D eigenvalue weighted by Gasteiger charge is -2.22. The van der Waals surface area contributed by atoms with E-state index in [-0.39, 0.29) is 5.41 Å². The van der Waals surface area contributed by atoms with Gasteiger partial charge < -0.3 is 0 Å². The Morgan fingerprint density at radius 2 is 0.909 bits per heavy atom. The highest BCUT2D eigenvalue weighted by Crippen LogP contribution is 2.51. The third-order valence-electron chi connectivity index (χ3n) is 12.2. The number of fused-ring (bicyclic) bond motifs is 8. The SMILES string of the molecule is CC1(C)c2ccccc2-c2cc3ccc(-c4cccc(-c5c6ccccc6c(-c6ccccc6-c6ccccc6)c6ccc7ccccc7c56)c4)cc3cc21. The topological polar surface area (TPSA) is 0 Å². The molecule has 0 saturated heterocycles. The molecule has 0 atom stereocenters. The Bertz CT molecular complexity index is 3160. The van der Waals surface area contributed by atoms with E-state index in [9.17, 15) is 0 Å². The average molecular weight is 699 g/mol. The number of hydrogen-bond donors (Lipinski definition) is 0. The summed E-state index contributed by atoms with van der Waals surface area (Å²) in [7, 11) is 0. The van der Waals surface area contributed by atoms with Crippen molar-refractivity contribution in [2.24, 2.45) is 0 Å². The van der Waals surface area contributed by atoms with Crippen molar-refractivity contribution in [1.29, 1.82) is 0 Å². The number of hydrogen-bond acceptors (Lipinski definition) is 0. The van der Waals surface area contributed by atoms with Gasteiger partial charge in [0.25, 0.3) is 0 Å². The number of benzene rings is 10. The average Bonchev–Trinajstić information content (AvgIpc) is 3.46. The smallest absolute Gasteiger partial charge is 0.0159 e. The standard InChI is InChI=1S/C55H38/c1-55(2)50-26-13-12-22-44(50)49-33-39-28-27-38(32-41(39)34-51(49)55)37-18-14-19-40(31-37)52-46-24-10-11-25-47(46)53(48-30-29-36-17-6-7-21-43(36)54(48)52)45-23-9-8-20-42(45)35-15-4-3-5-16-35/h3-34H,1-2H3. The molecule has 0 aromatic heterocycles. The predicted octanol–water partition coefficient (Wildman–Crippen LogP) is 15.3. The van der Waals surface area contributed by atoms with E-state index in [1.807, 2.05) is 0 Å². The van der Waals surface area contributed by atoms with Gasteiger partial charge in [0.05, 0.1) is 0 Å². The Kier molecular flexibility index (Phi) is 7.00. The lowest BCUT2D eigenvalue weighted by atomic mass is 9.81. The molecule has 1 aliphatic rings. The third-order valence-corrected chi connectivity index (χ3v) is 12.2. The monoisotopic (exact) mass is 698 g/mol. The van der Waals surface area contributed by atoms with Crippen molar-refractivity contribution >= 4 is 43.1 Å². The van der Waals surface area contributed by atoms with E-state index < -0.39 is 0 Å². The normalized spacial score (nSPS) is 13.1. The first-order chi connectivity index (χ1) is 27.0. The Labute approximate surface area is 322 Å². The lowest BCUT2D eigenvalue weighted by molar-refractivity contribution is 0.661. The summed E-state index contributed by atoms with van der Waals surface area (Å²) in [6.45, 7) is 4.72. The van der Waals surface area contributed by atoms with Crippen molar-refractivity contribution < 1.29 is 0 Å². The van der Waals surface area contributed by atoms with Crippen molar-refractivity contribution in [3.05, 3.63) is 205 Å². The van der Waals surface area contributed by atoms with Gasteiger partial charge in [-0.15, -0.1) is 0 Å². The fourth-order valence-electron chi connectivity index (χ4n) is 9.59. The molecular formula is C55H38. The van der Waals surface area contributed by atoms with Crippen LogP contribution in [0.1, 0.15) is 25.0 Å². The Hall–Kier alpha value is -6.76. The molecule has 0 bridgehead atoms. The first kappa shape index (κ1) is 31.7. The van der Waals surface area contributed by atoms with Crippen molar-refractivity contribution in [3.63, 3.8) is 0 Å². The highest BCUT2D eigenvalue weighted by molar-refractivity contribution is 6.28. The van der Waals surface area contributed by atoms with E-state index in [0.29, 0.717) is 0 Å². The first-order valence-corrected chi connectivity index (χ1v) is 19.3. The predicted molar refractivity (Wildman–Crippen MR) is 236 cm³/mol. The van der Waals surface area contributed by atoms with Crippen LogP contribution in [0.4, 0.5) is 0 Å². The van der Waals surface area contributed by atoms with Crippen LogP contribution in [0.3, 0.4) is 0 Å². The molecule has 1 aliphatic carbocycles. The molecular weight excluding hydrogens is 661 g/mol. The molecule has 0 spiro atoms. The molecule has 258 valence electrons. The summed E-state index contributed by atoms with van der Waals surface area (Å²) in [5, 5.41) is 10.2. The van der Waals surface area contributed by atoms with Gasteiger partial charge in [-0.25, -0.2) is 0 Å². The van der Waals surface area contributed by atoms with Gasteiger partial charge in [-0.2, -0.15) is 0 Å². The molecule has 0 radical (unpaired) electrons. The third kappa shape index (κ3) is 4.85. The van der Waals surface area contributed by atoms with Crippen molar-refractivity contribution in [3.8, 4) is 55.6 Å². The second-order valence-corrected chi connectivity index (χ2v) is 15.6. The van der Waals surface area contributed by atoms with E-state index in [0.717, 1.165) is 0 Å². The van der Waals surface area contributed by atoms with E-state index in [1.54, 1.807) is 0 Å².